The quantitative estimate of drug-likeness (QED) is 0.847. The Kier molecular flexibility index (Phi) is 3.30. The molecule has 0 saturated heterocycles. The Labute approximate surface area is 111 Å². The van der Waals surface area contributed by atoms with Crippen molar-refractivity contribution in [3.05, 3.63) is 45.9 Å². The summed E-state index contributed by atoms with van der Waals surface area (Å²) in [5.41, 5.74) is 5.47. The van der Waals surface area contributed by atoms with Crippen molar-refractivity contribution in [2.24, 2.45) is 0 Å². The molecular weight excluding hydrogens is 244 g/mol. The number of hydrogen-bond donors (Lipinski definition) is 0. The fourth-order valence-corrected chi connectivity index (χ4v) is 3.11. The maximum absolute atomic E-state index is 5.40. The van der Waals surface area contributed by atoms with Crippen LogP contribution >= 0.6 is 11.3 Å². The second kappa shape index (κ2) is 5.08. The molecule has 93 valence electrons. The van der Waals surface area contributed by atoms with Gasteiger partial charge in [-0.15, -0.1) is 11.3 Å². The number of aromatic nitrogens is 1. The van der Waals surface area contributed by atoms with Crippen LogP contribution in [0.2, 0.25) is 0 Å². The molecule has 0 bridgehead atoms. The highest BCUT2D eigenvalue weighted by atomic mass is 32.1. The molecular formula is C14H15N2OS. The van der Waals surface area contributed by atoms with Gasteiger partial charge in [0.05, 0.1) is 12.8 Å². The average Bonchev–Trinajstić information content (AvgIpc) is 2.87. The lowest BCUT2D eigenvalue weighted by atomic mass is 10.1. The van der Waals surface area contributed by atoms with Crippen LogP contribution in [-0.4, -0.2) is 23.5 Å². The van der Waals surface area contributed by atoms with Crippen LogP contribution in [0.1, 0.15) is 16.1 Å². The highest BCUT2D eigenvalue weighted by Gasteiger charge is 2.19. The zero-order chi connectivity index (χ0) is 12.4. The molecule has 3 nitrogen and oxygen atoms in total. The molecule has 2 aromatic rings. The second-order valence-electron chi connectivity index (χ2n) is 4.45. The minimum atomic E-state index is 0.932. The van der Waals surface area contributed by atoms with Crippen LogP contribution < -0.4 is 4.74 Å². The minimum Gasteiger partial charge on any atom is -0.496 e. The summed E-state index contributed by atoms with van der Waals surface area (Å²) in [6.45, 7) is 2.97. The number of rotatable bonds is 3. The van der Waals surface area contributed by atoms with E-state index in [0.29, 0.717) is 0 Å². The molecule has 18 heavy (non-hydrogen) atoms. The van der Waals surface area contributed by atoms with Gasteiger partial charge < -0.3 is 4.74 Å². The topological polar surface area (TPSA) is 25.4 Å². The molecule has 2 heterocycles. The number of ether oxygens (including phenoxy) is 1. The molecule has 1 aliphatic rings. The van der Waals surface area contributed by atoms with Gasteiger partial charge in [0.2, 0.25) is 0 Å². The third kappa shape index (κ3) is 2.26. The lowest BCUT2D eigenvalue weighted by Gasteiger charge is -2.26. The van der Waals surface area contributed by atoms with Crippen molar-refractivity contribution in [1.29, 1.82) is 0 Å². The largest absolute Gasteiger partial charge is 0.496 e. The van der Waals surface area contributed by atoms with Gasteiger partial charge in [0.15, 0.2) is 5.51 Å². The third-order valence-electron chi connectivity index (χ3n) is 3.29. The molecule has 0 amide bonds. The Bertz CT molecular complexity index is 538. The maximum Gasteiger partial charge on any atom is 0.152 e. The third-order valence-corrected chi connectivity index (χ3v) is 4.08. The van der Waals surface area contributed by atoms with Crippen molar-refractivity contribution in [3.8, 4) is 5.75 Å². The molecule has 4 heteroatoms. The van der Waals surface area contributed by atoms with Crippen LogP contribution in [0, 0.1) is 5.51 Å². The molecule has 0 N–H and O–H groups in total. The average molecular weight is 259 g/mol. The first-order valence-corrected chi connectivity index (χ1v) is 6.87. The summed E-state index contributed by atoms with van der Waals surface area (Å²) in [6.07, 6.45) is 1.03. The summed E-state index contributed by atoms with van der Waals surface area (Å²) in [5, 5.41) is 0. The molecule has 0 atom stereocenters. The normalized spacial score (nSPS) is 15.4. The van der Waals surface area contributed by atoms with Gasteiger partial charge in [-0.2, -0.15) is 0 Å². The Morgan fingerprint density at radius 2 is 2.33 bits per heavy atom. The SMILES string of the molecule is COc1ccccc1CN1CCc2n[c]sc2C1. The molecule has 1 aromatic carbocycles. The van der Waals surface area contributed by atoms with Crippen molar-refractivity contribution >= 4 is 11.3 Å². The number of hydrogen-bond acceptors (Lipinski definition) is 4. The van der Waals surface area contributed by atoms with Crippen molar-refractivity contribution in [2.45, 2.75) is 19.5 Å². The van der Waals surface area contributed by atoms with E-state index in [1.807, 2.05) is 12.1 Å². The van der Waals surface area contributed by atoms with Gasteiger partial charge in [0.25, 0.3) is 0 Å². The lowest BCUT2D eigenvalue weighted by molar-refractivity contribution is 0.243. The summed E-state index contributed by atoms with van der Waals surface area (Å²) in [7, 11) is 1.73. The van der Waals surface area contributed by atoms with E-state index in [4.69, 9.17) is 4.74 Å². The number of benzene rings is 1. The number of para-hydroxylation sites is 1. The summed E-state index contributed by atoms with van der Waals surface area (Å²) < 4.78 is 5.40. The van der Waals surface area contributed by atoms with Gasteiger partial charge in [-0.05, 0) is 6.07 Å². The first kappa shape index (κ1) is 11.7. The van der Waals surface area contributed by atoms with Crippen LogP contribution in [0.4, 0.5) is 0 Å². The van der Waals surface area contributed by atoms with E-state index in [1.165, 1.54) is 16.1 Å². The maximum atomic E-state index is 5.40. The van der Waals surface area contributed by atoms with E-state index in [-0.39, 0.29) is 0 Å². The first-order valence-electron chi connectivity index (χ1n) is 6.05. The Morgan fingerprint density at radius 1 is 1.44 bits per heavy atom. The molecule has 1 aliphatic heterocycles. The van der Waals surface area contributed by atoms with E-state index in [2.05, 4.69) is 27.5 Å². The summed E-state index contributed by atoms with van der Waals surface area (Å²) in [6, 6.07) is 8.22. The van der Waals surface area contributed by atoms with Crippen molar-refractivity contribution < 1.29 is 4.74 Å². The van der Waals surface area contributed by atoms with Crippen LogP contribution in [0.25, 0.3) is 0 Å². The fourth-order valence-electron chi connectivity index (χ4n) is 2.33. The number of thiazole rings is 1. The van der Waals surface area contributed by atoms with Crippen molar-refractivity contribution in [3.63, 3.8) is 0 Å². The van der Waals surface area contributed by atoms with Gasteiger partial charge in [-0.3, -0.25) is 4.90 Å². The van der Waals surface area contributed by atoms with Gasteiger partial charge >= 0.3 is 0 Å². The van der Waals surface area contributed by atoms with E-state index >= 15 is 0 Å². The number of methoxy groups -OCH3 is 1. The van der Waals surface area contributed by atoms with Gasteiger partial charge in [-0.25, -0.2) is 4.98 Å². The predicted molar refractivity (Wildman–Crippen MR) is 71.8 cm³/mol. The van der Waals surface area contributed by atoms with Crippen LogP contribution in [0.3, 0.4) is 0 Å². The molecule has 0 unspecified atom stereocenters. The molecule has 3 rings (SSSR count). The van der Waals surface area contributed by atoms with Crippen molar-refractivity contribution in [2.75, 3.05) is 13.7 Å². The standard InChI is InChI=1S/C14H15N2OS/c1-17-13-5-3-2-4-11(13)8-16-7-6-12-14(9-16)18-10-15-12/h2-5H,6-9H2,1H3. The molecule has 1 aromatic heterocycles. The zero-order valence-corrected chi connectivity index (χ0v) is 11.2. The highest BCUT2D eigenvalue weighted by Crippen LogP contribution is 2.25. The van der Waals surface area contributed by atoms with E-state index in [0.717, 1.165) is 31.8 Å². The van der Waals surface area contributed by atoms with Gasteiger partial charge in [0.1, 0.15) is 5.75 Å². The Balaban J connectivity index is 1.74. The smallest absolute Gasteiger partial charge is 0.152 e. The number of nitrogens with zero attached hydrogens (tertiary/aromatic N) is 2. The Hall–Kier alpha value is -1.39. The van der Waals surface area contributed by atoms with Crippen LogP contribution in [-0.2, 0) is 19.5 Å². The predicted octanol–water partition coefficient (Wildman–Crippen LogP) is 2.51. The molecule has 0 spiro atoms. The van der Waals surface area contributed by atoms with E-state index < -0.39 is 0 Å². The lowest BCUT2D eigenvalue weighted by Crippen LogP contribution is -2.29. The summed E-state index contributed by atoms with van der Waals surface area (Å²) >= 11 is 1.64. The monoisotopic (exact) mass is 259 g/mol. The highest BCUT2D eigenvalue weighted by molar-refractivity contribution is 7.09. The van der Waals surface area contributed by atoms with Gasteiger partial charge in [0, 0.05) is 36.5 Å². The van der Waals surface area contributed by atoms with Crippen LogP contribution in [0.5, 0.6) is 5.75 Å². The van der Waals surface area contributed by atoms with E-state index in [9.17, 15) is 0 Å². The molecule has 0 saturated carbocycles. The number of fused-ring (bicyclic) bond motifs is 1. The summed E-state index contributed by atoms with van der Waals surface area (Å²) in [5.74, 6) is 0.971. The second-order valence-corrected chi connectivity index (χ2v) is 5.33. The molecule has 0 fully saturated rings. The van der Waals surface area contributed by atoms with Crippen molar-refractivity contribution in [1.82, 2.24) is 9.88 Å². The Morgan fingerprint density at radius 3 is 3.22 bits per heavy atom. The van der Waals surface area contributed by atoms with Gasteiger partial charge in [-0.1, -0.05) is 18.2 Å². The minimum absolute atomic E-state index is 0.932. The fraction of sp³-hybridized carbons (Fsp3) is 0.357. The molecule has 0 aliphatic carbocycles. The first-order chi connectivity index (χ1) is 8.86. The van der Waals surface area contributed by atoms with E-state index in [1.54, 1.807) is 18.4 Å². The van der Waals surface area contributed by atoms with Crippen LogP contribution in [0.15, 0.2) is 24.3 Å². The summed E-state index contributed by atoms with van der Waals surface area (Å²) in [4.78, 5) is 8.07. The molecule has 1 radical (unpaired) electrons. The zero-order valence-electron chi connectivity index (χ0n) is 10.3.